The molecule has 0 amide bonds. The van der Waals surface area contributed by atoms with E-state index in [4.69, 9.17) is 0 Å². The van der Waals surface area contributed by atoms with Crippen molar-refractivity contribution in [1.82, 2.24) is 19.7 Å². The molecular weight excluding hydrogens is 346 g/mol. The average molecular weight is 349 g/mol. The Hall–Kier alpha value is -1.35. The number of rotatable bonds is 2. The van der Waals surface area contributed by atoms with Gasteiger partial charge < -0.3 is 10.1 Å². The van der Waals surface area contributed by atoms with Crippen molar-refractivity contribution in [2.75, 3.05) is 0 Å². The van der Waals surface area contributed by atoms with Crippen molar-refractivity contribution in [3.63, 3.8) is 0 Å². The highest BCUT2D eigenvalue weighted by Crippen LogP contribution is 2.17. The van der Waals surface area contributed by atoms with Crippen LogP contribution in [0.4, 0.5) is 5.95 Å². The van der Waals surface area contributed by atoms with Crippen LogP contribution < -0.4 is 0 Å². The summed E-state index contributed by atoms with van der Waals surface area (Å²) in [5.41, 5.74) is 0. The molecule has 2 rings (SSSR count). The topological polar surface area (TPSA) is 86.7 Å². The van der Waals surface area contributed by atoms with Gasteiger partial charge in [-0.3, -0.25) is 0 Å². The Balaban J connectivity index is 2.47. The van der Waals surface area contributed by atoms with Crippen LogP contribution in [0.15, 0.2) is 27.5 Å². The molecule has 0 aliphatic heterocycles. The van der Waals surface area contributed by atoms with Crippen LogP contribution >= 0.6 is 31.9 Å². The molecule has 0 bridgehead atoms. The van der Waals surface area contributed by atoms with E-state index in [1.54, 1.807) is 18.3 Å². The van der Waals surface area contributed by atoms with Crippen molar-refractivity contribution in [3.8, 4) is 5.82 Å². The van der Waals surface area contributed by atoms with Gasteiger partial charge in [-0.1, -0.05) is 0 Å². The first-order valence-electron chi connectivity index (χ1n) is 3.97. The van der Waals surface area contributed by atoms with E-state index in [-0.39, 0.29) is 4.73 Å². The third-order valence-corrected chi connectivity index (χ3v) is 2.63. The molecule has 0 spiro atoms. The Labute approximate surface area is 106 Å². The molecule has 0 fully saturated rings. The first-order chi connectivity index (χ1) is 7.58. The number of halogens is 2. The largest absolute Gasteiger partial charge is 0.492 e. The van der Waals surface area contributed by atoms with Gasteiger partial charge in [0.15, 0.2) is 5.82 Å². The summed E-state index contributed by atoms with van der Waals surface area (Å²) in [6, 6.07) is 3.41. The van der Waals surface area contributed by atoms with Gasteiger partial charge in [0, 0.05) is 31.7 Å². The van der Waals surface area contributed by atoms with Gasteiger partial charge in [-0.25, -0.2) is 4.98 Å². The lowest BCUT2D eigenvalue weighted by molar-refractivity contribution is -0.394. The monoisotopic (exact) mass is 347 g/mol. The van der Waals surface area contributed by atoms with Crippen molar-refractivity contribution in [3.05, 3.63) is 37.7 Å². The fourth-order valence-electron chi connectivity index (χ4n) is 0.999. The number of nitrogens with zero attached hydrogens (tertiary/aromatic N) is 5. The van der Waals surface area contributed by atoms with E-state index in [0.29, 0.717) is 5.82 Å². The molecule has 0 N–H and O–H groups in total. The summed E-state index contributed by atoms with van der Waals surface area (Å²) in [6.45, 7) is 0. The minimum atomic E-state index is -0.667. The maximum absolute atomic E-state index is 10.5. The minimum Gasteiger partial charge on any atom is -0.390 e. The van der Waals surface area contributed by atoms with Gasteiger partial charge in [-0.15, -0.1) is 4.68 Å². The van der Waals surface area contributed by atoms with E-state index in [2.05, 4.69) is 46.9 Å². The van der Waals surface area contributed by atoms with Gasteiger partial charge in [-0.2, -0.15) is 0 Å². The average Bonchev–Trinajstić information content (AvgIpc) is 2.62. The highest BCUT2D eigenvalue weighted by Gasteiger charge is 2.21. The Morgan fingerprint density at radius 2 is 2.12 bits per heavy atom. The lowest BCUT2D eigenvalue weighted by Crippen LogP contribution is -2.00. The SMILES string of the molecule is O=[N+]([O-])c1nc(Br)n(-c2ccc(Br)cn2)n1. The molecule has 0 aliphatic rings. The number of pyridine rings is 1. The second-order valence-corrected chi connectivity index (χ2v) is 4.31. The van der Waals surface area contributed by atoms with Crippen LogP contribution in [0.2, 0.25) is 0 Å². The molecule has 82 valence electrons. The molecule has 2 heterocycles. The van der Waals surface area contributed by atoms with E-state index in [0.717, 1.165) is 4.47 Å². The highest BCUT2D eigenvalue weighted by atomic mass is 79.9. The van der Waals surface area contributed by atoms with Crippen molar-refractivity contribution in [2.45, 2.75) is 0 Å². The molecule has 0 radical (unpaired) electrons. The second-order valence-electron chi connectivity index (χ2n) is 2.68. The van der Waals surface area contributed by atoms with E-state index in [1.165, 1.54) is 4.68 Å². The third-order valence-electron chi connectivity index (χ3n) is 1.65. The van der Waals surface area contributed by atoms with E-state index in [9.17, 15) is 10.1 Å². The van der Waals surface area contributed by atoms with Crippen LogP contribution in [0.3, 0.4) is 0 Å². The van der Waals surface area contributed by atoms with Gasteiger partial charge in [0.2, 0.25) is 0 Å². The van der Waals surface area contributed by atoms with Crippen molar-refractivity contribution < 1.29 is 4.92 Å². The molecule has 0 unspecified atom stereocenters. The van der Waals surface area contributed by atoms with Crippen LogP contribution in [-0.4, -0.2) is 24.7 Å². The fraction of sp³-hybridized carbons (Fsp3) is 0. The Morgan fingerprint density at radius 1 is 1.38 bits per heavy atom. The van der Waals surface area contributed by atoms with Gasteiger partial charge in [0.25, 0.3) is 4.73 Å². The van der Waals surface area contributed by atoms with E-state index in [1.807, 2.05) is 0 Å². The third kappa shape index (κ3) is 2.09. The van der Waals surface area contributed by atoms with Crippen LogP contribution in [0.5, 0.6) is 0 Å². The van der Waals surface area contributed by atoms with Gasteiger partial charge in [0.1, 0.15) is 0 Å². The maximum atomic E-state index is 10.5. The number of hydrogen-bond acceptors (Lipinski definition) is 5. The lowest BCUT2D eigenvalue weighted by Gasteiger charge is -1.95. The van der Waals surface area contributed by atoms with Crippen LogP contribution in [0.25, 0.3) is 5.82 Å². The smallest absolute Gasteiger partial charge is 0.390 e. The zero-order valence-corrected chi connectivity index (χ0v) is 10.7. The van der Waals surface area contributed by atoms with Crippen LogP contribution in [-0.2, 0) is 0 Å². The molecule has 0 saturated carbocycles. The van der Waals surface area contributed by atoms with Gasteiger partial charge in [0.05, 0.1) is 0 Å². The summed E-state index contributed by atoms with van der Waals surface area (Å²) in [4.78, 5) is 17.5. The van der Waals surface area contributed by atoms with Gasteiger partial charge >= 0.3 is 5.95 Å². The standard InChI is InChI=1S/C7H3Br2N5O2/c8-4-1-2-5(10-3-4)13-6(9)11-7(12-13)14(15)16/h1-3H. The molecule has 0 aliphatic carbocycles. The first kappa shape index (κ1) is 11.1. The quantitative estimate of drug-likeness (QED) is 0.612. The van der Waals surface area contributed by atoms with Crippen molar-refractivity contribution in [1.29, 1.82) is 0 Å². The molecule has 2 aromatic heterocycles. The normalized spacial score (nSPS) is 10.4. The summed E-state index contributed by atoms with van der Waals surface area (Å²) in [6.07, 6.45) is 1.56. The molecular formula is C7H3Br2N5O2. The zero-order chi connectivity index (χ0) is 11.7. The Kier molecular flexibility index (Phi) is 2.97. The molecule has 0 atom stereocenters. The highest BCUT2D eigenvalue weighted by molar-refractivity contribution is 9.10. The van der Waals surface area contributed by atoms with Gasteiger partial charge in [-0.05, 0) is 38.0 Å². The molecule has 7 nitrogen and oxygen atoms in total. The second kappa shape index (κ2) is 4.26. The predicted octanol–water partition coefficient (Wildman–Crippen LogP) is 2.10. The number of nitro groups is 1. The van der Waals surface area contributed by atoms with E-state index < -0.39 is 10.9 Å². The molecule has 0 aromatic carbocycles. The summed E-state index contributed by atoms with van der Waals surface area (Å²) < 4.78 is 2.28. The summed E-state index contributed by atoms with van der Waals surface area (Å²) >= 11 is 6.31. The number of hydrogen-bond donors (Lipinski definition) is 0. The number of aromatic nitrogens is 4. The summed E-state index contributed by atoms with van der Waals surface area (Å²) in [5.74, 6) is -0.0349. The fourth-order valence-corrected chi connectivity index (χ4v) is 1.65. The molecule has 2 aromatic rings. The molecule has 9 heteroatoms. The predicted molar refractivity (Wildman–Crippen MR) is 61.2 cm³/mol. The first-order valence-corrected chi connectivity index (χ1v) is 5.55. The van der Waals surface area contributed by atoms with Crippen LogP contribution in [0.1, 0.15) is 0 Å². The Bertz CT molecular complexity index is 538. The summed E-state index contributed by atoms with van der Waals surface area (Å²) in [5, 5.41) is 14.2. The molecule has 0 saturated heterocycles. The van der Waals surface area contributed by atoms with Crippen molar-refractivity contribution in [2.24, 2.45) is 0 Å². The Morgan fingerprint density at radius 3 is 2.62 bits per heavy atom. The molecule has 16 heavy (non-hydrogen) atoms. The van der Waals surface area contributed by atoms with E-state index >= 15 is 0 Å². The van der Waals surface area contributed by atoms with Crippen molar-refractivity contribution >= 4 is 37.8 Å². The zero-order valence-electron chi connectivity index (χ0n) is 7.54. The summed E-state index contributed by atoms with van der Waals surface area (Å²) in [7, 11) is 0. The lowest BCUT2D eigenvalue weighted by atomic mass is 10.5. The maximum Gasteiger partial charge on any atom is 0.492 e. The minimum absolute atomic E-state index is 0.231. The van der Waals surface area contributed by atoms with Crippen LogP contribution in [0, 0.1) is 10.1 Å².